The summed E-state index contributed by atoms with van der Waals surface area (Å²) in [6.07, 6.45) is 5.84. The van der Waals surface area contributed by atoms with Crippen LogP contribution in [-0.2, 0) is 14.3 Å². The van der Waals surface area contributed by atoms with Gasteiger partial charge in [-0.05, 0) is 70.2 Å². The SMILES string of the molecule is C#Cc1ccccc1C(C(=O)Nc1ccccc1C)N(C(=O)C(C)NC(=O)OC(C)(C)C)C1CC1C. The van der Waals surface area contributed by atoms with Crippen LogP contribution in [0.1, 0.15) is 63.8 Å². The molecule has 0 heterocycles. The first-order chi connectivity index (χ1) is 16.9. The zero-order valence-electron chi connectivity index (χ0n) is 21.8. The van der Waals surface area contributed by atoms with Gasteiger partial charge in [0, 0.05) is 17.3 Å². The number of hydrogen-bond donors (Lipinski definition) is 2. The Bertz CT molecular complexity index is 1180. The summed E-state index contributed by atoms with van der Waals surface area (Å²) in [7, 11) is 0. The van der Waals surface area contributed by atoms with E-state index in [1.807, 2.05) is 38.1 Å². The predicted octanol–water partition coefficient (Wildman–Crippen LogP) is 4.81. The summed E-state index contributed by atoms with van der Waals surface area (Å²) in [6, 6.07) is 12.5. The molecule has 7 nitrogen and oxygen atoms in total. The van der Waals surface area contributed by atoms with Gasteiger partial charge in [0.15, 0.2) is 0 Å². The van der Waals surface area contributed by atoms with Crippen molar-refractivity contribution in [3.8, 4) is 12.3 Å². The molecule has 3 rings (SSSR count). The van der Waals surface area contributed by atoms with Crippen molar-refractivity contribution in [1.29, 1.82) is 0 Å². The van der Waals surface area contributed by atoms with Crippen molar-refractivity contribution in [2.75, 3.05) is 5.32 Å². The van der Waals surface area contributed by atoms with E-state index in [1.54, 1.807) is 56.9 Å². The number of alkyl carbamates (subject to hydrolysis) is 1. The number of carbonyl (C=O) groups excluding carboxylic acids is 3. The second-order valence-electron chi connectivity index (χ2n) is 10.3. The van der Waals surface area contributed by atoms with Crippen molar-refractivity contribution in [1.82, 2.24) is 10.2 Å². The first-order valence-electron chi connectivity index (χ1n) is 12.2. The number of rotatable bonds is 7. The fourth-order valence-corrected chi connectivity index (χ4v) is 4.14. The summed E-state index contributed by atoms with van der Waals surface area (Å²) in [5.74, 6) is 2.10. The lowest BCUT2D eigenvalue weighted by Gasteiger charge is -2.34. The van der Waals surface area contributed by atoms with Gasteiger partial charge in [-0.1, -0.05) is 49.2 Å². The Labute approximate surface area is 213 Å². The first-order valence-corrected chi connectivity index (χ1v) is 12.2. The van der Waals surface area contributed by atoms with E-state index >= 15 is 0 Å². The molecular formula is C29H35N3O4. The third-order valence-corrected chi connectivity index (χ3v) is 6.12. The van der Waals surface area contributed by atoms with Crippen LogP contribution in [0.4, 0.5) is 10.5 Å². The summed E-state index contributed by atoms with van der Waals surface area (Å²) >= 11 is 0. The number of hydrogen-bond acceptors (Lipinski definition) is 4. The van der Waals surface area contributed by atoms with E-state index in [2.05, 4.69) is 16.6 Å². The lowest BCUT2D eigenvalue weighted by atomic mass is 9.97. The average molecular weight is 490 g/mol. The molecular weight excluding hydrogens is 454 g/mol. The highest BCUT2D eigenvalue weighted by atomic mass is 16.6. The van der Waals surface area contributed by atoms with Crippen LogP contribution in [0.25, 0.3) is 0 Å². The van der Waals surface area contributed by atoms with Gasteiger partial charge in [0.25, 0.3) is 5.91 Å². The quantitative estimate of drug-likeness (QED) is 0.547. The lowest BCUT2D eigenvalue weighted by Crippen LogP contribution is -2.52. The Balaban J connectivity index is 2.01. The molecule has 1 fully saturated rings. The molecule has 0 saturated heterocycles. The molecule has 4 unspecified atom stereocenters. The molecule has 2 aromatic rings. The van der Waals surface area contributed by atoms with Gasteiger partial charge in [0.05, 0.1) is 0 Å². The van der Waals surface area contributed by atoms with Crippen molar-refractivity contribution in [3.63, 3.8) is 0 Å². The maximum atomic E-state index is 13.9. The smallest absolute Gasteiger partial charge is 0.408 e. The van der Waals surface area contributed by atoms with Crippen LogP contribution in [0, 0.1) is 25.2 Å². The maximum absolute atomic E-state index is 13.9. The summed E-state index contributed by atoms with van der Waals surface area (Å²) in [4.78, 5) is 41.7. The second-order valence-corrected chi connectivity index (χ2v) is 10.3. The van der Waals surface area contributed by atoms with Crippen molar-refractivity contribution < 1.29 is 19.1 Å². The number of amides is 3. The summed E-state index contributed by atoms with van der Waals surface area (Å²) in [6.45, 7) is 10.8. The molecule has 36 heavy (non-hydrogen) atoms. The van der Waals surface area contributed by atoms with E-state index < -0.39 is 23.8 Å². The van der Waals surface area contributed by atoms with Crippen LogP contribution < -0.4 is 10.6 Å². The molecule has 2 N–H and O–H groups in total. The van der Waals surface area contributed by atoms with E-state index in [0.717, 1.165) is 12.0 Å². The molecule has 0 bridgehead atoms. The van der Waals surface area contributed by atoms with Gasteiger partial charge >= 0.3 is 6.09 Å². The number of para-hydroxylation sites is 1. The third kappa shape index (κ3) is 6.45. The summed E-state index contributed by atoms with van der Waals surface area (Å²) in [5, 5.41) is 5.61. The normalized spacial score (nSPS) is 18.2. The van der Waals surface area contributed by atoms with Crippen molar-refractivity contribution in [3.05, 3.63) is 65.2 Å². The van der Waals surface area contributed by atoms with Gasteiger partial charge in [0.1, 0.15) is 17.7 Å². The Morgan fingerprint density at radius 2 is 1.72 bits per heavy atom. The number of benzene rings is 2. The minimum Gasteiger partial charge on any atom is -0.444 e. The number of nitrogens with zero attached hydrogens (tertiary/aromatic N) is 1. The van der Waals surface area contributed by atoms with Crippen molar-refractivity contribution in [2.45, 2.75) is 71.7 Å². The minimum absolute atomic E-state index is 0.168. The van der Waals surface area contributed by atoms with Gasteiger partial charge in [-0.15, -0.1) is 6.42 Å². The first kappa shape index (κ1) is 26.8. The standard InChI is InChI=1S/C29H35N3O4/c1-8-21-14-10-11-15-22(21)25(26(33)31-23-16-12-9-13-18(23)2)32(24-17-19(24)3)27(34)20(4)30-28(35)36-29(5,6)7/h1,9-16,19-20,24-25H,17H2,2-7H3,(H,30,35)(H,31,33). The van der Waals surface area contributed by atoms with Crippen LogP contribution in [-0.4, -0.2) is 40.5 Å². The second kappa shape index (κ2) is 10.9. The largest absolute Gasteiger partial charge is 0.444 e. The number of ether oxygens (including phenoxy) is 1. The minimum atomic E-state index is -0.984. The van der Waals surface area contributed by atoms with Crippen LogP contribution >= 0.6 is 0 Å². The van der Waals surface area contributed by atoms with Crippen LogP contribution in [0.2, 0.25) is 0 Å². The van der Waals surface area contributed by atoms with Crippen LogP contribution in [0.15, 0.2) is 48.5 Å². The van der Waals surface area contributed by atoms with E-state index in [4.69, 9.17) is 11.2 Å². The topological polar surface area (TPSA) is 87.7 Å². The Kier molecular flexibility index (Phi) is 8.09. The maximum Gasteiger partial charge on any atom is 0.408 e. The van der Waals surface area contributed by atoms with Crippen molar-refractivity contribution in [2.24, 2.45) is 5.92 Å². The molecule has 190 valence electrons. The molecule has 4 atom stereocenters. The Morgan fingerprint density at radius 3 is 2.31 bits per heavy atom. The highest BCUT2D eigenvalue weighted by Crippen LogP contribution is 2.41. The van der Waals surface area contributed by atoms with Crippen LogP contribution in [0.3, 0.4) is 0 Å². The lowest BCUT2D eigenvalue weighted by molar-refractivity contribution is -0.141. The molecule has 0 aromatic heterocycles. The Hall–Kier alpha value is -3.79. The van der Waals surface area contributed by atoms with E-state index in [9.17, 15) is 14.4 Å². The molecule has 3 amide bonds. The number of nitrogens with one attached hydrogen (secondary N) is 2. The number of anilines is 1. The summed E-state index contributed by atoms with van der Waals surface area (Å²) < 4.78 is 5.33. The molecule has 7 heteroatoms. The predicted molar refractivity (Wildman–Crippen MR) is 140 cm³/mol. The van der Waals surface area contributed by atoms with Gasteiger partial charge < -0.3 is 20.3 Å². The number of aryl methyl sites for hydroxylation is 1. The third-order valence-electron chi connectivity index (χ3n) is 6.12. The molecule has 0 spiro atoms. The molecule has 1 aliphatic carbocycles. The number of terminal acetylenes is 1. The van der Waals surface area contributed by atoms with E-state index in [0.29, 0.717) is 16.8 Å². The van der Waals surface area contributed by atoms with Crippen molar-refractivity contribution >= 4 is 23.6 Å². The van der Waals surface area contributed by atoms with E-state index in [1.165, 1.54) is 0 Å². The summed E-state index contributed by atoms with van der Waals surface area (Å²) in [5.41, 5.74) is 1.93. The van der Waals surface area contributed by atoms with Crippen LogP contribution in [0.5, 0.6) is 0 Å². The highest BCUT2D eigenvalue weighted by Gasteiger charge is 2.48. The highest BCUT2D eigenvalue weighted by molar-refractivity contribution is 6.00. The van der Waals surface area contributed by atoms with Gasteiger partial charge in [-0.25, -0.2) is 4.79 Å². The molecule has 1 saturated carbocycles. The molecule has 0 aliphatic heterocycles. The molecule has 0 radical (unpaired) electrons. The van der Waals surface area contributed by atoms with Gasteiger partial charge in [-0.3, -0.25) is 9.59 Å². The monoisotopic (exact) mass is 489 g/mol. The van der Waals surface area contributed by atoms with Gasteiger partial charge in [0.2, 0.25) is 5.91 Å². The Morgan fingerprint density at radius 1 is 1.11 bits per heavy atom. The van der Waals surface area contributed by atoms with E-state index in [-0.39, 0.29) is 23.8 Å². The fraction of sp³-hybridized carbons (Fsp3) is 0.414. The average Bonchev–Trinajstić information content (AvgIpc) is 3.52. The number of carbonyl (C=O) groups is 3. The molecule has 2 aromatic carbocycles. The zero-order valence-corrected chi connectivity index (χ0v) is 21.8. The fourth-order valence-electron chi connectivity index (χ4n) is 4.14. The zero-order chi connectivity index (χ0) is 26.6. The van der Waals surface area contributed by atoms with Gasteiger partial charge in [-0.2, -0.15) is 0 Å². The molecule has 1 aliphatic rings.